The van der Waals surface area contributed by atoms with Crippen LogP contribution in [0.5, 0.6) is 5.75 Å². The van der Waals surface area contributed by atoms with E-state index in [2.05, 4.69) is 15.3 Å². The molecule has 0 radical (unpaired) electrons. The number of rotatable bonds is 5. The number of hydrogen-bond donors (Lipinski definition) is 1. The van der Waals surface area contributed by atoms with Gasteiger partial charge in [0, 0.05) is 11.3 Å². The highest BCUT2D eigenvalue weighted by molar-refractivity contribution is 7.16. The first-order valence-corrected chi connectivity index (χ1v) is 10.9. The first-order chi connectivity index (χ1) is 14.2. The zero-order chi connectivity index (χ0) is 21.5. The van der Waals surface area contributed by atoms with E-state index in [1.807, 2.05) is 19.2 Å². The molecule has 4 rings (SSSR count). The second-order valence-corrected chi connectivity index (χ2v) is 9.17. The number of carbonyl (C=O) groups excluding carboxylic acids is 1. The Morgan fingerprint density at radius 1 is 1.17 bits per heavy atom. The van der Waals surface area contributed by atoms with Gasteiger partial charge < -0.3 is 10.1 Å². The molecule has 2 heterocycles. The lowest BCUT2D eigenvalue weighted by Gasteiger charge is -2.34. The number of aromatic nitrogens is 2. The summed E-state index contributed by atoms with van der Waals surface area (Å²) in [4.78, 5) is 22.3. The third-order valence-corrected chi connectivity index (χ3v) is 6.67. The first-order valence-electron chi connectivity index (χ1n) is 9.24. The highest BCUT2D eigenvalue weighted by Gasteiger charge is 2.37. The highest BCUT2D eigenvalue weighted by atomic mass is 32.1. The summed E-state index contributed by atoms with van der Waals surface area (Å²) in [7, 11) is 0. The van der Waals surface area contributed by atoms with Crippen LogP contribution in [0, 0.1) is 19.8 Å². The normalized spacial score (nSPS) is 18.7. The average Bonchev–Trinajstić information content (AvgIpc) is 3.22. The fourth-order valence-corrected chi connectivity index (χ4v) is 4.86. The predicted molar refractivity (Wildman–Crippen MR) is 110 cm³/mol. The van der Waals surface area contributed by atoms with Crippen LogP contribution in [0.25, 0.3) is 10.6 Å². The van der Waals surface area contributed by atoms with Crippen LogP contribution in [-0.4, -0.2) is 22.0 Å². The molecular weight excluding hydrogens is 435 g/mol. The van der Waals surface area contributed by atoms with Gasteiger partial charge in [-0.3, -0.25) is 4.79 Å². The maximum Gasteiger partial charge on any atom is 0.416 e. The van der Waals surface area contributed by atoms with Gasteiger partial charge in [0.2, 0.25) is 5.91 Å². The molecule has 1 amide bonds. The summed E-state index contributed by atoms with van der Waals surface area (Å²) < 4.78 is 43.5. The van der Waals surface area contributed by atoms with Gasteiger partial charge in [-0.1, -0.05) is 0 Å². The maximum atomic E-state index is 12.6. The van der Waals surface area contributed by atoms with Gasteiger partial charge in [-0.15, -0.1) is 22.7 Å². The van der Waals surface area contributed by atoms with Crippen LogP contribution >= 0.6 is 22.7 Å². The molecule has 0 unspecified atom stereocenters. The summed E-state index contributed by atoms with van der Waals surface area (Å²) in [5, 5.41) is 6.24. The third kappa shape index (κ3) is 4.49. The molecule has 0 bridgehead atoms. The summed E-state index contributed by atoms with van der Waals surface area (Å²) in [6, 6.07) is 4.59. The summed E-state index contributed by atoms with van der Waals surface area (Å²) in [6.45, 7) is 3.87. The van der Waals surface area contributed by atoms with Gasteiger partial charge in [-0.25, -0.2) is 9.97 Å². The number of benzene rings is 1. The molecular formula is C20H18F3N3O2S2. The van der Waals surface area contributed by atoms with Gasteiger partial charge in [0.05, 0.1) is 26.8 Å². The van der Waals surface area contributed by atoms with Crippen LogP contribution in [0.2, 0.25) is 0 Å². The van der Waals surface area contributed by atoms with Crippen molar-refractivity contribution in [3.63, 3.8) is 0 Å². The number of anilines is 1. The Labute approximate surface area is 179 Å². The summed E-state index contributed by atoms with van der Waals surface area (Å²) in [6.07, 6.45) is -3.53. The standard InChI is InChI=1S/C20H18F3N3O2S2/c1-10-17(30-11(2)24-10)16-9-29-19(25-16)26-18(27)12-7-15(8-12)28-14-5-3-13(4-6-14)20(21,22)23/h3-6,9,12,15H,7-8H2,1-2H3,(H,25,26,27). The maximum absolute atomic E-state index is 12.6. The van der Waals surface area contributed by atoms with Crippen LogP contribution in [0.1, 0.15) is 29.1 Å². The minimum absolute atomic E-state index is 0.125. The fourth-order valence-electron chi connectivity index (χ4n) is 3.20. The van der Waals surface area contributed by atoms with Crippen molar-refractivity contribution in [3.8, 4) is 16.3 Å². The summed E-state index contributed by atoms with van der Waals surface area (Å²) >= 11 is 2.93. The molecule has 0 saturated heterocycles. The Morgan fingerprint density at radius 3 is 2.47 bits per heavy atom. The molecule has 3 aromatic rings. The van der Waals surface area contributed by atoms with Gasteiger partial charge in [-0.2, -0.15) is 13.2 Å². The van der Waals surface area contributed by atoms with Crippen molar-refractivity contribution in [1.29, 1.82) is 0 Å². The largest absolute Gasteiger partial charge is 0.490 e. The summed E-state index contributed by atoms with van der Waals surface area (Å²) in [5.74, 6) is 0.0382. The minimum atomic E-state index is -4.37. The molecule has 0 spiro atoms. The second kappa shape index (κ2) is 7.99. The number of nitrogens with zero attached hydrogens (tertiary/aromatic N) is 2. The zero-order valence-corrected chi connectivity index (χ0v) is 17.7. The number of alkyl halides is 3. The number of nitrogens with one attached hydrogen (secondary N) is 1. The van der Waals surface area contributed by atoms with E-state index in [0.717, 1.165) is 33.4 Å². The lowest BCUT2D eigenvalue weighted by Crippen LogP contribution is -2.40. The van der Waals surface area contributed by atoms with E-state index in [9.17, 15) is 18.0 Å². The van der Waals surface area contributed by atoms with Gasteiger partial charge in [-0.05, 0) is 51.0 Å². The highest BCUT2D eigenvalue weighted by Crippen LogP contribution is 2.36. The molecule has 1 aliphatic carbocycles. The van der Waals surface area contributed by atoms with Crippen molar-refractivity contribution in [2.45, 2.75) is 39.0 Å². The van der Waals surface area contributed by atoms with Crippen LogP contribution in [0.4, 0.5) is 18.3 Å². The number of hydrogen-bond acceptors (Lipinski definition) is 6. The van der Waals surface area contributed by atoms with E-state index in [1.165, 1.54) is 23.5 Å². The van der Waals surface area contributed by atoms with Gasteiger partial charge >= 0.3 is 6.18 Å². The number of ether oxygens (including phenoxy) is 1. The van der Waals surface area contributed by atoms with Gasteiger partial charge in [0.1, 0.15) is 11.9 Å². The number of halogens is 3. The molecule has 30 heavy (non-hydrogen) atoms. The summed E-state index contributed by atoms with van der Waals surface area (Å²) in [5.41, 5.74) is 1.01. The molecule has 1 aromatic carbocycles. The van der Waals surface area contributed by atoms with Gasteiger partial charge in [0.15, 0.2) is 5.13 Å². The SMILES string of the molecule is Cc1nc(C)c(-c2csc(NC(=O)C3CC(Oc4ccc(C(F)(F)F)cc4)C3)n2)s1. The topological polar surface area (TPSA) is 64.1 Å². The molecule has 0 aliphatic heterocycles. The Hall–Kier alpha value is -2.46. The zero-order valence-electron chi connectivity index (χ0n) is 16.1. The Morgan fingerprint density at radius 2 is 1.87 bits per heavy atom. The van der Waals surface area contributed by atoms with E-state index in [1.54, 1.807) is 11.3 Å². The molecule has 1 fully saturated rings. The first kappa shape index (κ1) is 20.8. The Kier molecular flexibility index (Phi) is 5.54. The van der Waals surface area contributed by atoms with Crippen LogP contribution < -0.4 is 10.1 Å². The quantitative estimate of drug-likeness (QED) is 0.538. The van der Waals surface area contributed by atoms with Crippen molar-refractivity contribution in [2.75, 3.05) is 5.32 Å². The number of amides is 1. The molecule has 1 saturated carbocycles. The van der Waals surface area contributed by atoms with Crippen LogP contribution in [0.3, 0.4) is 0 Å². The lowest BCUT2D eigenvalue weighted by molar-refractivity contribution is -0.137. The Bertz CT molecular complexity index is 1050. The van der Waals surface area contributed by atoms with Crippen LogP contribution in [0.15, 0.2) is 29.6 Å². The van der Waals surface area contributed by atoms with E-state index < -0.39 is 11.7 Å². The van der Waals surface area contributed by atoms with E-state index in [0.29, 0.717) is 23.7 Å². The van der Waals surface area contributed by atoms with Crippen LogP contribution in [-0.2, 0) is 11.0 Å². The molecule has 5 nitrogen and oxygen atoms in total. The Balaban J connectivity index is 1.28. The van der Waals surface area contributed by atoms with E-state index in [-0.39, 0.29) is 17.9 Å². The number of thiazole rings is 2. The lowest BCUT2D eigenvalue weighted by atomic mass is 9.81. The second-order valence-electron chi connectivity index (χ2n) is 7.10. The smallest absolute Gasteiger partial charge is 0.416 e. The van der Waals surface area contributed by atoms with Gasteiger partial charge in [0.25, 0.3) is 0 Å². The molecule has 1 aliphatic rings. The molecule has 1 N–H and O–H groups in total. The molecule has 10 heteroatoms. The van der Waals surface area contributed by atoms with Crippen molar-refractivity contribution < 1.29 is 22.7 Å². The monoisotopic (exact) mass is 453 g/mol. The van der Waals surface area contributed by atoms with Crippen molar-refractivity contribution in [2.24, 2.45) is 5.92 Å². The molecule has 0 atom stereocenters. The third-order valence-electron chi connectivity index (χ3n) is 4.82. The van der Waals surface area contributed by atoms with E-state index in [4.69, 9.17) is 4.74 Å². The minimum Gasteiger partial charge on any atom is -0.490 e. The van der Waals surface area contributed by atoms with Crippen molar-refractivity contribution in [3.05, 3.63) is 45.9 Å². The molecule has 2 aromatic heterocycles. The number of aryl methyl sites for hydroxylation is 2. The van der Waals surface area contributed by atoms with Crippen molar-refractivity contribution >= 4 is 33.7 Å². The molecule has 158 valence electrons. The van der Waals surface area contributed by atoms with Crippen molar-refractivity contribution in [1.82, 2.24) is 9.97 Å². The number of carbonyl (C=O) groups is 1. The predicted octanol–water partition coefficient (Wildman–Crippen LogP) is 5.70. The fraction of sp³-hybridized carbons (Fsp3) is 0.350. The average molecular weight is 454 g/mol. The van der Waals surface area contributed by atoms with E-state index >= 15 is 0 Å².